The lowest BCUT2D eigenvalue weighted by Gasteiger charge is -2.15. The third-order valence-corrected chi connectivity index (χ3v) is 2.42. The molecule has 2 fully saturated rings. The predicted molar refractivity (Wildman–Crippen MR) is 31.8 cm³/mol. The molecule has 2 rings (SSSR count). The molecule has 9 heavy (non-hydrogen) atoms. The molecule has 1 saturated heterocycles. The second-order valence-corrected chi connectivity index (χ2v) is 3.11. The van der Waals surface area contributed by atoms with Crippen molar-refractivity contribution >= 4 is 5.97 Å². The number of ether oxygens (including phenoxy) is 1. The van der Waals surface area contributed by atoms with E-state index in [2.05, 4.69) is 6.92 Å². The molecule has 2 heteroatoms. The molecule has 0 spiro atoms. The SMILES string of the molecule is C[C@H]1C[C@H]2CC1C(=O)O2. The summed E-state index contributed by atoms with van der Waals surface area (Å²) in [5.41, 5.74) is 0. The average molecular weight is 126 g/mol. The Hall–Kier alpha value is -0.530. The molecule has 3 atom stereocenters. The fourth-order valence-electron chi connectivity index (χ4n) is 1.87. The first-order chi connectivity index (χ1) is 4.27. The third-order valence-electron chi connectivity index (χ3n) is 2.42. The van der Waals surface area contributed by atoms with Crippen molar-refractivity contribution in [3.8, 4) is 0 Å². The van der Waals surface area contributed by atoms with E-state index in [1.54, 1.807) is 0 Å². The number of hydrogen-bond acceptors (Lipinski definition) is 2. The van der Waals surface area contributed by atoms with E-state index in [4.69, 9.17) is 4.74 Å². The molecule has 50 valence electrons. The molecular weight excluding hydrogens is 116 g/mol. The molecule has 1 saturated carbocycles. The van der Waals surface area contributed by atoms with Gasteiger partial charge >= 0.3 is 5.97 Å². The first-order valence-corrected chi connectivity index (χ1v) is 3.48. The molecule has 0 radical (unpaired) electrons. The lowest BCUT2D eigenvalue weighted by atomic mass is 9.99. The lowest BCUT2D eigenvalue weighted by Crippen LogP contribution is -2.20. The minimum absolute atomic E-state index is 0.0405. The second kappa shape index (κ2) is 1.49. The van der Waals surface area contributed by atoms with E-state index in [0.29, 0.717) is 5.92 Å². The van der Waals surface area contributed by atoms with Crippen LogP contribution in [0, 0.1) is 11.8 Å². The average Bonchev–Trinajstić information content (AvgIpc) is 2.22. The summed E-state index contributed by atoms with van der Waals surface area (Å²) < 4.78 is 4.99. The molecule has 0 aromatic rings. The van der Waals surface area contributed by atoms with Gasteiger partial charge in [-0.3, -0.25) is 4.79 Å². The van der Waals surface area contributed by atoms with Crippen molar-refractivity contribution in [3.05, 3.63) is 0 Å². The van der Waals surface area contributed by atoms with Gasteiger partial charge in [-0.05, 0) is 18.8 Å². The molecular formula is C7H10O2. The molecule has 0 N–H and O–H groups in total. The largest absolute Gasteiger partial charge is 0.462 e. The molecule has 1 aliphatic carbocycles. The van der Waals surface area contributed by atoms with Crippen LogP contribution in [0.1, 0.15) is 19.8 Å². The Morgan fingerprint density at radius 3 is 2.67 bits per heavy atom. The first kappa shape index (κ1) is 5.27. The highest BCUT2D eigenvalue weighted by Gasteiger charge is 2.45. The molecule has 1 unspecified atom stereocenters. The lowest BCUT2D eigenvalue weighted by molar-refractivity contribution is -0.149. The molecule has 1 heterocycles. The van der Waals surface area contributed by atoms with Gasteiger partial charge in [0.05, 0.1) is 5.92 Å². The number of esters is 1. The van der Waals surface area contributed by atoms with Crippen molar-refractivity contribution in [2.24, 2.45) is 11.8 Å². The molecule has 0 amide bonds. The van der Waals surface area contributed by atoms with Gasteiger partial charge in [0.2, 0.25) is 0 Å². The normalized spacial score (nSPS) is 47.7. The maximum Gasteiger partial charge on any atom is 0.309 e. The summed E-state index contributed by atoms with van der Waals surface area (Å²) in [4.78, 5) is 10.8. The van der Waals surface area contributed by atoms with Gasteiger partial charge in [-0.25, -0.2) is 0 Å². The smallest absolute Gasteiger partial charge is 0.309 e. The van der Waals surface area contributed by atoms with Crippen LogP contribution in [-0.4, -0.2) is 12.1 Å². The molecule has 1 aliphatic heterocycles. The van der Waals surface area contributed by atoms with Gasteiger partial charge in [-0.2, -0.15) is 0 Å². The van der Waals surface area contributed by atoms with Crippen molar-refractivity contribution in [1.82, 2.24) is 0 Å². The van der Waals surface area contributed by atoms with Crippen LogP contribution in [0.2, 0.25) is 0 Å². The van der Waals surface area contributed by atoms with Crippen LogP contribution in [-0.2, 0) is 9.53 Å². The van der Waals surface area contributed by atoms with Crippen molar-refractivity contribution in [1.29, 1.82) is 0 Å². The summed E-state index contributed by atoms with van der Waals surface area (Å²) in [6.45, 7) is 2.13. The molecule has 2 aliphatic rings. The minimum atomic E-state index is 0.0405. The van der Waals surface area contributed by atoms with Crippen molar-refractivity contribution in [2.45, 2.75) is 25.9 Å². The second-order valence-electron chi connectivity index (χ2n) is 3.11. The van der Waals surface area contributed by atoms with Gasteiger partial charge < -0.3 is 4.74 Å². The van der Waals surface area contributed by atoms with Crippen LogP contribution in [0.15, 0.2) is 0 Å². The van der Waals surface area contributed by atoms with E-state index in [0.717, 1.165) is 12.8 Å². The van der Waals surface area contributed by atoms with Crippen LogP contribution in [0.4, 0.5) is 0 Å². The van der Waals surface area contributed by atoms with Gasteiger partial charge in [0.25, 0.3) is 0 Å². The van der Waals surface area contributed by atoms with Crippen LogP contribution in [0.5, 0.6) is 0 Å². The zero-order valence-electron chi connectivity index (χ0n) is 5.46. The Kier molecular flexibility index (Phi) is 0.875. The van der Waals surface area contributed by atoms with E-state index in [1.807, 2.05) is 0 Å². The summed E-state index contributed by atoms with van der Waals surface area (Å²) in [5, 5.41) is 0. The minimum Gasteiger partial charge on any atom is -0.462 e. The van der Waals surface area contributed by atoms with Gasteiger partial charge in [-0.15, -0.1) is 0 Å². The van der Waals surface area contributed by atoms with Crippen molar-refractivity contribution < 1.29 is 9.53 Å². The van der Waals surface area contributed by atoms with E-state index in [-0.39, 0.29) is 18.0 Å². The first-order valence-electron chi connectivity index (χ1n) is 3.48. The fourth-order valence-corrected chi connectivity index (χ4v) is 1.87. The Balaban J connectivity index is 2.21. The van der Waals surface area contributed by atoms with Gasteiger partial charge in [0, 0.05) is 0 Å². The number of carbonyl (C=O) groups excluding carboxylic acids is 1. The zero-order valence-corrected chi connectivity index (χ0v) is 5.46. The summed E-state index contributed by atoms with van der Waals surface area (Å²) in [6, 6.07) is 0. The number of rotatable bonds is 0. The standard InChI is InChI=1S/C7H10O2/c1-4-2-5-3-6(4)7(8)9-5/h4-6H,2-3H2,1H3/t4-,5-,6?/m0/s1. The van der Waals surface area contributed by atoms with Gasteiger partial charge in [-0.1, -0.05) is 6.92 Å². The van der Waals surface area contributed by atoms with Crippen LogP contribution >= 0.6 is 0 Å². The van der Waals surface area contributed by atoms with E-state index in [9.17, 15) is 4.79 Å². The Bertz CT molecular complexity index is 153. The van der Waals surface area contributed by atoms with Crippen molar-refractivity contribution in [2.75, 3.05) is 0 Å². The summed E-state index contributed by atoms with van der Waals surface area (Å²) >= 11 is 0. The molecule has 0 aromatic carbocycles. The van der Waals surface area contributed by atoms with Crippen molar-refractivity contribution in [3.63, 3.8) is 0 Å². The molecule has 2 bridgehead atoms. The Labute approximate surface area is 54.2 Å². The predicted octanol–water partition coefficient (Wildman–Crippen LogP) is 0.958. The highest BCUT2D eigenvalue weighted by atomic mass is 16.6. The number of hydrogen-bond donors (Lipinski definition) is 0. The van der Waals surface area contributed by atoms with Crippen LogP contribution in [0.3, 0.4) is 0 Å². The fraction of sp³-hybridized carbons (Fsp3) is 0.857. The monoisotopic (exact) mass is 126 g/mol. The topological polar surface area (TPSA) is 26.3 Å². The Morgan fingerprint density at radius 2 is 2.33 bits per heavy atom. The number of carbonyl (C=O) groups is 1. The number of fused-ring (bicyclic) bond motifs is 2. The molecule has 0 aromatic heterocycles. The molecule has 2 nitrogen and oxygen atoms in total. The maximum absolute atomic E-state index is 10.8. The summed E-state index contributed by atoms with van der Waals surface area (Å²) in [6.07, 6.45) is 2.36. The van der Waals surface area contributed by atoms with Crippen LogP contribution < -0.4 is 0 Å². The highest BCUT2D eigenvalue weighted by molar-refractivity contribution is 5.76. The zero-order chi connectivity index (χ0) is 6.43. The van der Waals surface area contributed by atoms with Gasteiger partial charge in [0.15, 0.2) is 0 Å². The highest BCUT2D eigenvalue weighted by Crippen LogP contribution is 2.40. The maximum atomic E-state index is 10.8. The third kappa shape index (κ3) is 0.590. The van der Waals surface area contributed by atoms with E-state index < -0.39 is 0 Å². The van der Waals surface area contributed by atoms with E-state index >= 15 is 0 Å². The summed E-state index contributed by atoms with van der Waals surface area (Å²) in [5.74, 6) is 0.866. The van der Waals surface area contributed by atoms with E-state index in [1.165, 1.54) is 0 Å². The summed E-state index contributed by atoms with van der Waals surface area (Å²) in [7, 11) is 0. The van der Waals surface area contributed by atoms with Gasteiger partial charge in [0.1, 0.15) is 6.10 Å². The quantitative estimate of drug-likeness (QED) is 0.452. The Morgan fingerprint density at radius 1 is 1.56 bits per heavy atom. The van der Waals surface area contributed by atoms with Crippen LogP contribution in [0.25, 0.3) is 0 Å².